The molecule has 0 unspecified atom stereocenters. The fourth-order valence-electron chi connectivity index (χ4n) is 2.36. The number of nitrogens with zero attached hydrogens (tertiary/aromatic N) is 2. The van der Waals surface area contributed by atoms with E-state index >= 15 is 0 Å². The summed E-state index contributed by atoms with van der Waals surface area (Å²) in [5.74, 6) is -1.48. The van der Waals surface area contributed by atoms with Crippen molar-refractivity contribution in [3.05, 3.63) is 55.9 Å². The van der Waals surface area contributed by atoms with Gasteiger partial charge < -0.3 is 10.4 Å². The van der Waals surface area contributed by atoms with E-state index in [1.807, 2.05) is 0 Å². The first-order chi connectivity index (χ1) is 11.9. The highest BCUT2D eigenvalue weighted by Crippen LogP contribution is 2.26. The van der Waals surface area contributed by atoms with E-state index in [4.69, 9.17) is 5.11 Å². The summed E-state index contributed by atoms with van der Waals surface area (Å²) >= 11 is 4.26. The number of anilines is 1. The molecule has 2 aromatic heterocycles. The molecule has 3 rings (SSSR count). The van der Waals surface area contributed by atoms with E-state index in [1.54, 1.807) is 31.2 Å². The van der Waals surface area contributed by atoms with Crippen LogP contribution in [0.5, 0.6) is 0 Å². The number of aromatic nitrogens is 2. The van der Waals surface area contributed by atoms with Gasteiger partial charge in [-0.15, -0.1) is 11.3 Å². The quantitative estimate of drug-likeness (QED) is 0.674. The summed E-state index contributed by atoms with van der Waals surface area (Å²) in [6, 6.07) is 7.04. The number of aryl methyl sites for hydroxylation is 1. The second-order valence-corrected chi connectivity index (χ2v) is 7.19. The number of carbonyl (C=O) groups is 2. The number of carbonyl (C=O) groups excluding carboxylic acids is 1. The van der Waals surface area contributed by atoms with Crippen LogP contribution in [0.2, 0.25) is 0 Å². The van der Waals surface area contributed by atoms with E-state index < -0.39 is 11.5 Å². The molecule has 0 fully saturated rings. The van der Waals surface area contributed by atoms with Crippen molar-refractivity contribution in [1.82, 2.24) is 9.55 Å². The summed E-state index contributed by atoms with van der Waals surface area (Å²) < 4.78 is 2.06. The van der Waals surface area contributed by atoms with Crippen LogP contribution >= 0.6 is 27.3 Å². The summed E-state index contributed by atoms with van der Waals surface area (Å²) in [6.07, 6.45) is 1.26. The molecule has 0 spiro atoms. The number of benzene rings is 1. The van der Waals surface area contributed by atoms with Gasteiger partial charge in [-0.25, -0.2) is 9.78 Å². The van der Waals surface area contributed by atoms with Crippen LogP contribution < -0.4 is 10.9 Å². The lowest BCUT2D eigenvalue weighted by Crippen LogP contribution is -2.27. The Bertz CT molecular complexity index is 1040. The monoisotopic (exact) mass is 421 g/mol. The number of fused-ring (bicyclic) bond motifs is 1. The van der Waals surface area contributed by atoms with Crippen LogP contribution in [-0.2, 0) is 11.3 Å². The minimum atomic E-state index is -1.10. The molecule has 0 saturated carbocycles. The molecular formula is C16H12BrN3O4S. The maximum absolute atomic E-state index is 12.6. The minimum Gasteiger partial charge on any atom is -0.477 e. The number of amides is 1. The molecule has 0 bridgehead atoms. The molecule has 0 aliphatic rings. The zero-order chi connectivity index (χ0) is 18.1. The molecule has 0 aliphatic carbocycles. The first kappa shape index (κ1) is 17.3. The highest BCUT2D eigenvalue weighted by molar-refractivity contribution is 9.10. The SMILES string of the molecule is Cc1c(C(=O)O)sc2ncn(CC(=O)Nc3ccc(Br)cc3)c(=O)c12. The van der Waals surface area contributed by atoms with Gasteiger partial charge in [-0.3, -0.25) is 14.2 Å². The molecule has 0 radical (unpaired) electrons. The van der Waals surface area contributed by atoms with Gasteiger partial charge >= 0.3 is 5.97 Å². The first-order valence-corrected chi connectivity index (χ1v) is 8.75. The number of hydrogen-bond acceptors (Lipinski definition) is 5. The average molecular weight is 422 g/mol. The van der Waals surface area contributed by atoms with E-state index in [0.717, 1.165) is 15.8 Å². The third kappa shape index (κ3) is 3.47. The number of halogens is 1. The second-order valence-electron chi connectivity index (χ2n) is 5.27. The predicted octanol–water partition coefficient (Wildman–Crippen LogP) is 2.87. The van der Waals surface area contributed by atoms with Crippen molar-refractivity contribution in [3.8, 4) is 0 Å². The topological polar surface area (TPSA) is 101 Å². The molecule has 0 aliphatic heterocycles. The molecule has 0 atom stereocenters. The molecule has 3 aromatic rings. The maximum atomic E-state index is 12.6. The number of thiophene rings is 1. The smallest absolute Gasteiger partial charge is 0.346 e. The Morgan fingerprint density at radius 1 is 1.32 bits per heavy atom. The fourth-order valence-corrected chi connectivity index (χ4v) is 3.61. The van der Waals surface area contributed by atoms with Crippen LogP contribution in [0.4, 0.5) is 5.69 Å². The predicted molar refractivity (Wildman–Crippen MR) is 98.3 cm³/mol. The Kier molecular flexibility index (Phi) is 4.69. The molecule has 2 N–H and O–H groups in total. The van der Waals surface area contributed by atoms with Gasteiger partial charge in [0.2, 0.25) is 5.91 Å². The minimum absolute atomic E-state index is 0.0802. The number of rotatable bonds is 4. The molecule has 128 valence electrons. The third-order valence-electron chi connectivity index (χ3n) is 3.55. The van der Waals surface area contributed by atoms with Crippen LogP contribution in [0.3, 0.4) is 0 Å². The van der Waals surface area contributed by atoms with E-state index in [2.05, 4.69) is 26.2 Å². The van der Waals surface area contributed by atoms with Crippen LogP contribution in [0.15, 0.2) is 39.9 Å². The standard InChI is InChI=1S/C16H12BrN3O4S/c1-8-12-14(25-13(8)16(23)24)18-7-20(15(12)22)6-11(21)19-10-4-2-9(17)3-5-10/h2-5,7H,6H2,1H3,(H,19,21)(H,23,24). The molecule has 2 heterocycles. The van der Waals surface area contributed by atoms with Crippen LogP contribution in [0.1, 0.15) is 15.2 Å². The van der Waals surface area contributed by atoms with E-state index in [1.165, 1.54) is 10.9 Å². The van der Waals surface area contributed by atoms with Gasteiger partial charge in [0.1, 0.15) is 16.3 Å². The van der Waals surface area contributed by atoms with Crippen molar-refractivity contribution < 1.29 is 14.7 Å². The summed E-state index contributed by atoms with van der Waals surface area (Å²) in [5.41, 5.74) is 0.542. The van der Waals surface area contributed by atoms with Gasteiger partial charge in [0.05, 0.1) is 11.7 Å². The number of aromatic carboxylic acids is 1. The number of carboxylic acid groups (broad SMARTS) is 1. The Hall–Kier alpha value is -2.52. The van der Waals surface area contributed by atoms with Crippen molar-refractivity contribution in [2.24, 2.45) is 0 Å². The largest absolute Gasteiger partial charge is 0.477 e. The van der Waals surface area contributed by atoms with Gasteiger partial charge in [0.15, 0.2) is 0 Å². The molecule has 1 amide bonds. The first-order valence-electron chi connectivity index (χ1n) is 7.14. The highest BCUT2D eigenvalue weighted by Gasteiger charge is 2.19. The van der Waals surface area contributed by atoms with Crippen molar-refractivity contribution in [3.63, 3.8) is 0 Å². The Morgan fingerprint density at radius 2 is 2.00 bits per heavy atom. The summed E-state index contributed by atoms with van der Waals surface area (Å²) in [5, 5.41) is 12.1. The number of nitrogens with one attached hydrogen (secondary N) is 1. The molecule has 25 heavy (non-hydrogen) atoms. The van der Waals surface area contributed by atoms with Crippen LogP contribution in [0, 0.1) is 6.92 Å². The zero-order valence-corrected chi connectivity index (χ0v) is 15.3. The summed E-state index contributed by atoms with van der Waals surface area (Å²) in [7, 11) is 0. The molecule has 7 nitrogen and oxygen atoms in total. The summed E-state index contributed by atoms with van der Waals surface area (Å²) in [4.78, 5) is 40.5. The molecule has 1 aromatic carbocycles. The maximum Gasteiger partial charge on any atom is 0.346 e. The molecule has 0 saturated heterocycles. The lowest BCUT2D eigenvalue weighted by molar-refractivity contribution is -0.116. The normalized spacial score (nSPS) is 10.8. The zero-order valence-electron chi connectivity index (χ0n) is 12.9. The third-order valence-corrected chi connectivity index (χ3v) is 5.27. The van der Waals surface area contributed by atoms with Crippen LogP contribution in [-0.4, -0.2) is 26.5 Å². The average Bonchev–Trinajstić information content (AvgIpc) is 2.90. The number of hydrogen-bond donors (Lipinski definition) is 2. The van der Waals surface area contributed by atoms with Gasteiger partial charge in [-0.2, -0.15) is 0 Å². The van der Waals surface area contributed by atoms with Gasteiger partial charge in [0.25, 0.3) is 5.56 Å². The lowest BCUT2D eigenvalue weighted by atomic mass is 10.2. The van der Waals surface area contributed by atoms with Gasteiger partial charge in [0, 0.05) is 10.2 Å². The summed E-state index contributed by atoms with van der Waals surface area (Å²) in [6.45, 7) is 1.35. The van der Waals surface area contributed by atoms with Crippen molar-refractivity contribution in [2.45, 2.75) is 13.5 Å². The lowest BCUT2D eigenvalue weighted by Gasteiger charge is -2.07. The Morgan fingerprint density at radius 3 is 2.64 bits per heavy atom. The van der Waals surface area contributed by atoms with Gasteiger partial charge in [-0.1, -0.05) is 15.9 Å². The highest BCUT2D eigenvalue weighted by atomic mass is 79.9. The Balaban J connectivity index is 1.88. The Labute approximate surface area is 154 Å². The van der Waals surface area contributed by atoms with Crippen molar-refractivity contribution in [2.75, 3.05) is 5.32 Å². The molecule has 9 heteroatoms. The van der Waals surface area contributed by atoms with Gasteiger partial charge in [-0.05, 0) is 36.8 Å². The fraction of sp³-hybridized carbons (Fsp3) is 0.125. The second kappa shape index (κ2) is 6.77. The van der Waals surface area contributed by atoms with Crippen molar-refractivity contribution >= 4 is 55.0 Å². The van der Waals surface area contributed by atoms with E-state index in [9.17, 15) is 14.4 Å². The van der Waals surface area contributed by atoms with E-state index in [0.29, 0.717) is 16.1 Å². The number of carboxylic acids is 1. The molecular weight excluding hydrogens is 410 g/mol. The van der Waals surface area contributed by atoms with Crippen molar-refractivity contribution in [1.29, 1.82) is 0 Å². The van der Waals surface area contributed by atoms with E-state index in [-0.39, 0.29) is 22.7 Å². The van der Waals surface area contributed by atoms with Crippen LogP contribution in [0.25, 0.3) is 10.2 Å².